The number of rotatable bonds is 5. The highest BCUT2D eigenvalue weighted by molar-refractivity contribution is 6.09. The third-order valence-electron chi connectivity index (χ3n) is 6.12. The maximum absolute atomic E-state index is 13.1. The number of benzene rings is 2. The zero-order valence-corrected chi connectivity index (χ0v) is 17.6. The van der Waals surface area contributed by atoms with Crippen LogP contribution in [0.5, 0.6) is 0 Å². The molecule has 158 valence electrons. The second kappa shape index (κ2) is 9.90. The Morgan fingerprint density at radius 1 is 0.767 bits per heavy atom. The third-order valence-corrected chi connectivity index (χ3v) is 6.12. The molecule has 2 fully saturated rings. The van der Waals surface area contributed by atoms with E-state index in [0.29, 0.717) is 16.8 Å². The Bertz CT molecular complexity index is 864. The molecule has 0 aliphatic carbocycles. The van der Waals surface area contributed by atoms with Gasteiger partial charge in [-0.1, -0.05) is 37.1 Å². The van der Waals surface area contributed by atoms with Gasteiger partial charge < -0.3 is 10.2 Å². The van der Waals surface area contributed by atoms with Crippen LogP contribution >= 0.6 is 0 Å². The van der Waals surface area contributed by atoms with E-state index in [9.17, 15) is 9.59 Å². The van der Waals surface area contributed by atoms with Crippen LogP contribution in [-0.4, -0.2) is 47.8 Å². The van der Waals surface area contributed by atoms with E-state index in [1.54, 1.807) is 0 Å². The quantitative estimate of drug-likeness (QED) is 0.794. The number of nitrogens with zero attached hydrogens (tertiary/aromatic N) is 2. The minimum Gasteiger partial charge on any atom is -0.339 e. The van der Waals surface area contributed by atoms with Crippen molar-refractivity contribution < 1.29 is 9.59 Å². The van der Waals surface area contributed by atoms with E-state index in [2.05, 4.69) is 10.2 Å². The van der Waals surface area contributed by atoms with Crippen molar-refractivity contribution in [1.82, 2.24) is 9.80 Å². The predicted molar refractivity (Wildman–Crippen MR) is 120 cm³/mol. The molecule has 0 atom stereocenters. The van der Waals surface area contributed by atoms with E-state index >= 15 is 0 Å². The number of carbonyl (C=O) groups excluding carboxylic acids is 2. The van der Waals surface area contributed by atoms with E-state index in [1.165, 1.54) is 31.2 Å². The van der Waals surface area contributed by atoms with Gasteiger partial charge in [-0.3, -0.25) is 14.5 Å². The van der Waals surface area contributed by atoms with Gasteiger partial charge in [-0.2, -0.15) is 0 Å². The van der Waals surface area contributed by atoms with Crippen LogP contribution in [0.3, 0.4) is 0 Å². The number of para-hydroxylation sites is 1. The van der Waals surface area contributed by atoms with Crippen molar-refractivity contribution in [2.75, 3.05) is 31.5 Å². The first-order valence-corrected chi connectivity index (χ1v) is 11.2. The number of likely N-dealkylation sites (tertiary alicyclic amines) is 2. The number of hydrogen-bond donors (Lipinski definition) is 1. The Labute approximate surface area is 179 Å². The Morgan fingerprint density at radius 3 is 2.10 bits per heavy atom. The van der Waals surface area contributed by atoms with E-state index < -0.39 is 0 Å². The first kappa shape index (κ1) is 20.6. The summed E-state index contributed by atoms with van der Waals surface area (Å²) in [6, 6.07) is 15.1. The SMILES string of the molecule is O=C(Nc1ccccc1C(=O)N1CCCCCC1)c1ccc(CN2CCCC2)cc1. The van der Waals surface area contributed by atoms with Crippen molar-refractivity contribution in [1.29, 1.82) is 0 Å². The van der Waals surface area contributed by atoms with Crippen LogP contribution in [0, 0.1) is 0 Å². The van der Waals surface area contributed by atoms with Gasteiger partial charge in [-0.05, 0) is 68.6 Å². The largest absolute Gasteiger partial charge is 0.339 e. The Kier molecular flexibility index (Phi) is 6.80. The molecule has 2 aromatic rings. The van der Waals surface area contributed by atoms with E-state index in [1.807, 2.05) is 53.4 Å². The Balaban J connectivity index is 1.43. The maximum Gasteiger partial charge on any atom is 0.255 e. The highest BCUT2D eigenvalue weighted by Crippen LogP contribution is 2.21. The average Bonchev–Trinajstić information content (AvgIpc) is 3.13. The lowest BCUT2D eigenvalue weighted by Gasteiger charge is -2.22. The lowest BCUT2D eigenvalue weighted by Crippen LogP contribution is -2.32. The van der Waals surface area contributed by atoms with Crippen molar-refractivity contribution in [3.63, 3.8) is 0 Å². The first-order valence-electron chi connectivity index (χ1n) is 11.2. The van der Waals surface area contributed by atoms with E-state index in [0.717, 1.165) is 45.6 Å². The molecule has 1 N–H and O–H groups in total. The molecule has 4 rings (SSSR count). The molecule has 5 nitrogen and oxygen atoms in total. The Morgan fingerprint density at radius 2 is 1.40 bits per heavy atom. The molecule has 30 heavy (non-hydrogen) atoms. The number of carbonyl (C=O) groups is 2. The van der Waals surface area contributed by atoms with E-state index in [4.69, 9.17) is 0 Å². The zero-order valence-electron chi connectivity index (χ0n) is 17.6. The summed E-state index contributed by atoms with van der Waals surface area (Å²) in [5.41, 5.74) is 2.98. The topological polar surface area (TPSA) is 52.7 Å². The molecule has 2 amide bonds. The smallest absolute Gasteiger partial charge is 0.255 e. The molecule has 0 aromatic heterocycles. The zero-order chi connectivity index (χ0) is 20.8. The van der Waals surface area contributed by atoms with Gasteiger partial charge in [0.25, 0.3) is 11.8 Å². The fraction of sp³-hybridized carbons (Fsp3) is 0.440. The van der Waals surface area contributed by atoms with Gasteiger partial charge in [0.05, 0.1) is 11.3 Å². The van der Waals surface area contributed by atoms with Crippen LogP contribution < -0.4 is 5.32 Å². The van der Waals surface area contributed by atoms with Crippen molar-refractivity contribution in [3.05, 3.63) is 65.2 Å². The lowest BCUT2D eigenvalue weighted by molar-refractivity contribution is 0.0762. The normalized spacial score (nSPS) is 17.5. The summed E-state index contributed by atoms with van der Waals surface area (Å²) in [5.74, 6) is -0.174. The highest BCUT2D eigenvalue weighted by atomic mass is 16.2. The van der Waals surface area contributed by atoms with Gasteiger partial charge in [0.15, 0.2) is 0 Å². The summed E-state index contributed by atoms with van der Waals surface area (Å²) in [6.45, 7) is 4.84. The average molecular weight is 406 g/mol. The number of nitrogens with one attached hydrogen (secondary N) is 1. The molecule has 2 aliphatic heterocycles. The molecular formula is C25H31N3O2. The molecular weight excluding hydrogens is 374 g/mol. The summed E-state index contributed by atoms with van der Waals surface area (Å²) in [7, 11) is 0. The van der Waals surface area contributed by atoms with Gasteiger partial charge in [0.1, 0.15) is 0 Å². The van der Waals surface area contributed by atoms with Crippen LogP contribution in [0.2, 0.25) is 0 Å². The maximum atomic E-state index is 13.1. The fourth-order valence-electron chi connectivity index (χ4n) is 4.38. The molecule has 2 aliphatic rings. The summed E-state index contributed by atoms with van der Waals surface area (Å²) < 4.78 is 0. The number of amides is 2. The Hall–Kier alpha value is -2.66. The molecule has 0 unspecified atom stereocenters. The summed E-state index contributed by atoms with van der Waals surface area (Å²) >= 11 is 0. The van der Waals surface area contributed by atoms with Crippen molar-refractivity contribution in [2.24, 2.45) is 0 Å². The van der Waals surface area contributed by atoms with E-state index in [-0.39, 0.29) is 11.8 Å². The molecule has 0 radical (unpaired) electrons. The van der Waals surface area contributed by atoms with Crippen LogP contribution in [-0.2, 0) is 6.54 Å². The summed E-state index contributed by atoms with van der Waals surface area (Å²) in [5, 5.41) is 2.96. The lowest BCUT2D eigenvalue weighted by atomic mass is 10.1. The van der Waals surface area contributed by atoms with Gasteiger partial charge in [-0.15, -0.1) is 0 Å². The molecule has 2 aromatic carbocycles. The molecule has 0 saturated carbocycles. The third kappa shape index (κ3) is 5.08. The van der Waals surface area contributed by atoms with Gasteiger partial charge in [0.2, 0.25) is 0 Å². The molecule has 2 heterocycles. The fourth-order valence-corrected chi connectivity index (χ4v) is 4.38. The van der Waals surface area contributed by atoms with Crippen LogP contribution in [0.15, 0.2) is 48.5 Å². The predicted octanol–water partition coefficient (Wildman–Crippen LogP) is 4.55. The monoisotopic (exact) mass is 405 g/mol. The van der Waals surface area contributed by atoms with Gasteiger partial charge in [-0.25, -0.2) is 0 Å². The second-order valence-electron chi connectivity index (χ2n) is 8.39. The minimum atomic E-state index is -0.182. The van der Waals surface area contributed by atoms with Gasteiger partial charge in [0, 0.05) is 25.2 Å². The number of anilines is 1. The standard InChI is InChI=1S/C25H31N3O2/c29-24(21-13-11-20(12-14-21)19-27-15-7-8-16-27)26-23-10-4-3-9-22(23)25(30)28-17-5-1-2-6-18-28/h3-4,9-14H,1-2,5-8,15-19H2,(H,26,29). The van der Waals surface area contributed by atoms with Crippen LogP contribution in [0.1, 0.15) is 64.8 Å². The van der Waals surface area contributed by atoms with Crippen molar-refractivity contribution in [3.8, 4) is 0 Å². The minimum absolute atomic E-state index is 0.00811. The summed E-state index contributed by atoms with van der Waals surface area (Å²) in [6.07, 6.45) is 6.99. The van der Waals surface area contributed by atoms with Crippen molar-refractivity contribution in [2.45, 2.75) is 45.1 Å². The van der Waals surface area contributed by atoms with Crippen molar-refractivity contribution >= 4 is 17.5 Å². The highest BCUT2D eigenvalue weighted by Gasteiger charge is 2.21. The van der Waals surface area contributed by atoms with Crippen LogP contribution in [0.4, 0.5) is 5.69 Å². The first-order chi connectivity index (χ1) is 14.7. The number of hydrogen-bond acceptors (Lipinski definition) is 3. The molecule has 2 saturated heterocycles. The molecule has 5 heteroatoms. The molecule has 0 bridgehead atoms. The summed E-state index contributed by atoms with van der Waals surface area (Å²) in [4.78, 5) is 30.3. The molecule has 0 spiro atoms. The second-order valence-corrected chi connectivity index (χ2v) is 8.39. The van der Waals surface area contributed by atoms with Gasteiger partial charge >= 0.3 is 0 Å². The van der Waals surface area contributed by atoms with Crippen LogP contribution in [0.25, 0.3) is 0 Å².